The Balaban J connectivity index is 2.20. The first-order valence-electron chi connectivity index (χ1n) is 5.67. The number of pyridine rings is 1. The molecule has 6 nitrogen and oxygen atoms in total. The molecule has 96 valence electrons. The van der Waals surface area contributed by atoms with Crippen molar-refractivity contribution in [3.63, 3.8) is 0 Å². The van der Waals surface area contributed by atoms with Gasteiger partial charge in [0.25, 0.3) is 0 Å². The quantitative estimate of drug-likeness (QED) is 0.716. The van der Waals surface area contributed by atoms with E-state index in [-0.39, 0.29) is 5.28 Å². The highest BCUT2D eigenvalue weighted by atomic mass is 35.5. The summed E-state index contributed by atoms with van der Waals surface area (Å²) >= 11 is 5.95. The first kappa shape index (κ1) is 12.0. The Morgan fingerprint density at radius 2 is 2.16 bits per heavy atom. The zero-order valence-corrected chi connectivity index (χ0v) is 10.9. The van der Waals surface area contributed by atoms with Gasteiger partial charge in [-0.15, -0.1) is 0 Å². The molecule has 0 aliphatic carbocycles. The van der Waals surface area contributed by atoms with Crippen LogP contribution in [0, 0.1) is 0 Å². The van der Waals surface area contributed by atoms with Gasteiger partial charge >= 0.3 is 0 Å². The largest absolute Gasteiger partial charge is 0.319 e. The van der Waals surface area contributed by atoms with Crippen molar-refractivity contribution >= 4 is 22.6 Å². The Morgan fingerprint density at radius 1 is 1.32 bits per heavy atom. The van der Waals surface area contributed by atoms with E-state index in [4.69, 9.17) is 17.3 Å². The van der Waals surface area contributed by atoms with Crippen LogP contribution >= 0.6 is 11.6 Å². The van der Waals surface area contributed by atoms with Crippen molar-refractivity contribution in [1.29, 1.82) is 0 Å². The summed E-state index contributed by atoms with van der Waals surface area (Å²) in [4.78, 5) is 12.5. The molecule has 3 aromatic heterocycles. The number of halogens is 1. The molecule has 0 aromatic carbocycles. The van der Waals surface area contributed by atoms with Crippen LogP contribution in [0.1, 0.15) is 17.3 Å². The molecule has 2 N–H and O–H groups in total. The first-order chi connectivity index (χ1) is 9.16. The molecule has 3 aromatic rings. The van der Waals surface area contributed by atoms with Crippen LogP contribution in [0.2, 0.25) is 5.28 Å². The van der Waals surface area contributed by atoms with Gasteiger partial charge < -0.3 is 5.73 Å². The molecule has 0 amide bonds. The van der Waals surface area contributed by atoms with Crippen molar-refractivity contribution in [2.45, 2.75) is 6.04 Å². The summed E-state index contributed by atoms with van der Waals surface area (Å²) in [6.45, 7) is 0. The summed E-state index contributed by atoms with van der Waals surface area (Å²) in [5.41, 5.74) is 8.41. The van der Waals surface area contributed by atoms with E-state index in [1.807, 2.05) is 12.1 Å². The Bertz CT molecular complexity index is 724. The average Bonchev–Trinajstić information content (AvgIpc) is 2.80. The monoisotopic (exact) mass is 274 g/mol. The molecule has 0 aliphatic heterocycles. The summed E-state index contributed by atoms with van der Waals surface area (Å²) < 4.78 is 1.64. The van der Waals surface area contributed by atoms with E-state index < -0.39 is 6.04 Å². The fourth-order valence-corrected chi connectivity index (χ4v) is 2.14. The first-order valence-corrected chi connectivity index (χ1v) is 6.05. The molecule has 3 rings (SSSR count). The van der Waals surface area contributed by atoms with E-state index in [0.29, 0.717) is 11.3 Å². The third-order valence-electron chi connectivity index (χ3n) is 2.93. The molecule has 1 unspecified atom stereocenters. The van der Waals surface area contributed by atoms with Crippen molar-refractivity contribution in [2.75, 3.05) is 0 Å². The van der Waals surface area contributed by atoms with Crippen LogP contribution in [0.25, 0.3) is 11.0 Å². The van der Waals surface area contributed by atoms with E-state index in [9.17, 15) is 0 Å². The lowest BCUT2D eigenvalue weighted by atomic mass is 10.0. The van der Waals surface area contributed by atoms with Gasteiger partial charge in [-0.1, -0.05) is 6.07 Å². The fourth-order valence-electron chi connectivity index (χ4n) is 1.97. The van der Waals surface area contributed by atoms with Crippen molar-refractivity contribution in [1.82, 2.24) is 24.7 Å². The number of rotatable bonds is 2. The number of fused-ring (bicyclic) bond motifs is 1. The van der Waals surface area contributed by atoms with Crippen LogP contribution < -0.4 is 5.73 Å². The third kappa shape index (κ3) is 2.05. The smallest absolute Gasteiger partial charge is 0.224 e. The molecular formula is C12H11ClN6. The predicted molar refractivity (Wildman–Crippen MR) is 71.6 cm³/mol. The van der Waals surface area contributed by atoms with Gasteiger partial charge in [-0.2, -0.15) is 10.1 Å². The van der Waals surface area contributed by atoms with Crippen LogP contribution in [0.4, 0.5) is 0 Å². The Labute approximate surface area is 114 Å². The van der Waals surface area contributed by atoms with Crippen LogP contribution in [-0.2, 0) is 7.05 Å². The summed E-state index contributed by atoms with van der Waals surface area (Å²) in [6.07, 6.45) is 5.10. The van der Waals surface area contributed by atoms with E-state index in [0.717, 1.165) is 10.9 Å². The predicted octanol–water partition coefficient (Wildman–Crippen LogP) is 1.46. The van der Waals surface area contributed by atoms with E-state index >= 15 is 0 Å². The molecule has 3 heterocycles. The Hall–Kier alpha value is -2.05. The maximum Gasteiger partial charge on any atom is 0.224 e. The van der Waals surface area contributed by atoms with E-state index in [1.165, 1.54) is 0 Å². The molecule has 7 heteroatoms. The molecule has 0 radical (unpaired) electrons. The van der Waals surface area contributed by atoms with E-state index in [1.54, 1.807) is 30.3 Å². The summed E-state index contributed by atoms with van der Waals surface area (Å²) in [5, 5.41) is 5.11. The molecular weight excluding hydrogens is 264 g/mol. The van der Waals surface area contributed by atoms with Crippen molar-refractivity contribution in [2.24, 2.45) is 12.8 Å². The number of nitrogens with two attached hydrogens (primary N) is 1. The maximum atomic E-state index is 6.23. The van der Waals surface area contributed by atoms with Gasteiger partial charge in [0.1, 0.15) is 0 Å². The molecule has 0 fully saturated rings. The zero-order valence-electron chi connectivity index (χ0n) is 10.2. The minimum absolute atomic E-state index is 0.158. The fraction of sp³-hybridized carbons (Fsp3) is 0.167. The van der Waals surface area contributed by atoms with Crippen LogP contribution in [0.15, 0.2) is 30.7 Å². The highest BCUT2D eigenvalue weighted by Crippen LogP contribution is 2.25. The molecule has 0 spiro atoms. The second-order valence-corrected chi connectivity index (χ2v) is 4.49. The number of nitrogens with zero attached hydrogens (tertiary/aromatic N) is 5. The van der Waals surface area contributed by atoms with Gasteiger partial charge in [-0.3, -0.25) is 9.67 Å². The van der Waals surface area contributed by atoms with Crippen LogP contribution in [0.3, 0.4) is 0 Å². The van der Waals surface area contributed by atoms with Crippen LogP contribution in [-0.4, -0.2) is 24.7 Å². The number of aromatic nitrogens is 5. The van der Waals surface area contributed by atoms with Gasteiger partial charge in [0.2, 0.25) is 5.28 Å². The number of hydrogen-bond donors (Lipinski definition) is 1. The minimum Gasteiger partial charge on any atom is -0.319 e. The minimum atomic E-state index is -0.416. The van der Waals surface area contributed by atoms with Crippen molar-refractivity contribution in [3.8, 4) is 0 Å². The SMILES string of the molecule is Cn1ncc2c(C(N)c3cccnc3)nc(Cl)nc21. The van der Waals surface area contributed by atoms with Crippen molar-refractivity contribution < 1.29 is 0 Å². The lowest BCUT2D eigenvalue weighted by molar-refractivity contribution is 0.782. The average molecular weight is 275 g/mol. The summed E-state index contributed by atoms with van der Waals surface area (Å²) in [6, 6.07) is 3.31. The third-order valence-corrected chi connectivity index (χ3v) is 3.10. The van der Waals surface area contributed by atoms with Gasteiger partial charge in [0.05, 0.1) is 23.3 Å². The maximum absolute atomic E-state index is 6.23. The molecule has 0 saturated carbocycles. The Morgan fingerprint density at radius 3 is 2.89 bits per heavy atom. The Kier molecular flexibility index (Phi) is 2.88. The lowest BCUT2D eigenvalue weighted by Crippen LogP contribution is -2.14. The molecule has 1 atom stereocenters. The van der Waals surface area contributed by atoms with Gasteiger partial charge in [0.15, 0.2) is 5.65 Å². The number of hydrogen-bond acceptors (Lipinski definition) is 5. The van der Waals surface area contributed by atoms with Crippen molar-refractivity contribution in [3.05, 3.63) is 47.3 Å². The summed E-state index contributed by atoms with van der Waals surface area (Å²) in [7, 11) is 1.80. The zero-order chi connectivity index (χ0) is 13.4. The standard InChI is InChI=1S/C12H11ClN6/c1-19-11-8(6-16-19)10(17-12(13)18-11)9(14)7-3-2-4-15-5-7/h2-6,9H,14H2,1H3. The second kappa shape index (κ2) is 4.56. The van der Waals surface area contributed by atoms with Gasteiger partial charge in [-0.25, -0.2) is 4.98 Å². The highest BCUT2D eigenvalue weighted by molar-refractivity contribution is 6.28. The van der Waals surface area contributed by atoms with Crippen LogP contribution in [0.5, 0.6) is 0 Å². The molecule has 0 bridgehead atoms. The van der Waals surface area contributed by atoms with Gasteiger partial charge in [0, 0.05) is 19.4 Å². The molecule has 19 heavy (non-hydrogen) atoms. The van der Waals surface area contributed by atoms with E-state index in [2.05, 4.69) is 20.1 Å². The highest BCUT2D eigenvalue weighted by Gasteiger charge is 2.18. The normalized spacial score (nSPS) is 12.8. The summed E-state index contributed by atoms with van der Waals surface area (Å²) in [5.74, 6) is 0. The number of aryl methyl sites for hydroxylation is 1. The topological polar surface area (TPSA) is 82.5 Å². The second-order valence-electron chi connectivity index (χ2n) is 4.15. The molecule has 0 saturated heterocycles. The molecule has 0 aliphatic rings. The lowest BCUT2D eigenvalue weighted by Gasteiger charge is -2.12. The van der Waals surface area contributed by atoms with Gasteiger partial charge in [-0.05, 0) is 23.2 Å².